The molecule has 0 saturated carbocycles. The molecule has 0 radical (unpaired) electrons. The molecule has 0 spiro atoms. The van der Waals surface area contributed by atoms with Gasteiger partial charge in [0.1, 0.15) is 18.0 Å². The second-order valence-electron chi connectivity index (χ2n) is 4.73. The van der Waals surface area contributed by atoms with Crippen molar-refractivity contribution < 1.29 is 20.1 Å². The van der Waals surface area contributed by atoms with Crippen LogP contribution in [0.25, 0.3) is 10.2 Å². The van der Waals surface area contributed by atoms with E-state index in [1.807, 2.05) is 19.1 Å². The second kappa shape index (κ2) is 5.50. The van der Waals surface area contributed by atoms with E-state index in [1.54, 1.807) is 17.4 Å². The van der Waals surface area contributed by atoms with Crippen molar-refractivity contribution in [1.29, 1.82) is 0 Å². The molecule has 1 aliphatic rings. The van der Waals surface area contributed by atoms with E-state index in [0.29, 0.717) is 11.5 Å². The zero-order valence-corrected chi connectivity index (χ0v) is 12.4. The van der Waals surface area contributed by atoms with E-state index in [4.69, 9.17) is 4.74 Å². The molecule has 0 amide bonds. The number of hydrogen-bond acceptors (Lipinski definition) is 7. The van der Waals surface area contributed by atoms with Gasteiger partial charge in [-0.15, -0.1) is 23.1 Å². The van der Waals surface area contributed by atoms with Crippen molar-refractivity contribution in [2.75, 3.05) is 5.75 Å². The molecule has 1 fully saturated rings. The molecular weight excluding hydrogens is 298 g/mol. The standard InChI is InChI=1S/C13H15NO4S2/c1-6-14-8-3-2-7(4-10(8)20-6)18-13-12(17)11(16)9(15)5-19-13/h2-4,9,11-13,15-17H,5H2,1H3/t9-,11+,12-,13-/m1/s1. The Balaban J connectivity index is 1.78. The molecule has 0 bridgehead atoms. The summed E-state index contributed by atoms with van der Waals surface area (Å²) >= 11 is 2.87. The number of ether oxygens (including phenoxy) is 1. The summed E-state index contributed by atoms with van der Waals surface area (Å²) in [5.74, 6) is 0.964. The fraction of sp³-hybridized carbons (Fsp3) is 0.462. The van der Waals surface area contributed by atoms with Gasteiger partial charge in [0, 0.05) is 5.75 Å². The van der Waals surface area contributed by atoms with E-state index in [1.165, 1.54) is 11.8 Å². The van der Waals surface area contributed by atoms with Crippen LogP contribution in [-0.4, -0.2) is 49.8 Å². The van der Waals surface area contributed by atoms with Gasteiger partial charge in [-0.2, -0.15) is 0 Å². The largest absolute Gasteiger partial charge is 0.477 e. The topological polar surface area (TPSA) is 82.8 Å². The summed E-state index contributed by atoms with van der Waals surface area (Å²) < 4.78 is 6.75. The van der Waals surface area contributed by atoms with Gasteiger partial charge < -0.3 is 20.1 Å². The fourth-order valence-corrected chi connectivity index (χ4v) is 4.09. The molecule has 20 heavy (non-hydrogen) atoms. The molecule has 0 aliphatic carbocycles. The molecule has 3 N–H and O–H groups in total. The molecular formula is C13H15NO4S2. The maximum atomic E-state index is 9.92. The van der Waals surface area contributed by atoms with Crippen molar-refractivity contribution in [3.05, 3.63) is 23.2 Å². The van der Waals surface area contributed by atoms with Gasteiger partial charge in [0.2, 0.25) is 0 Å². The van der Waals surface area contributed by atoms with Gasteiger partial charge in [-0.1, -0.05) is 0 Å². The number of benzene rings is 1. The van der Waals surface area contributed by atoms with Crippen LogP contribution < -0.4 is 4.74 Å². The Hall–Kier alpha value is -0.860. The lowest BCUT2D eigenvalue weighted by molar-refractivity contribution is -0.0785. The molecule has 2 aromatic rings. The molecule has 4 atom stereocenters. The zero-order valence-electron chi connectivity index (χ0n) is 10.8. The minimum Gasteiger partial charge on any atom is -0.477 e. The first-order valence-electron chi connectivity index (χ1n) is 6.24. The Bertz CT molecular complexity index is 617. The number of aliphatic hydroxyl groups is 3. The summed E-state index contributed by atoms with van der Waals surface area (Å²) in [6.45, 7) is 1.95. The zero-order chi connectivity index (χ0) is 14.3. The van der Waals surface area contributed by atoms with Gasteiger partial charge in [-0.25, -0.2) is 4.98 Å². The predicted molar refractivity (Wildman–Crippen MR) is 79.3 cm³/mol. The number of thioether (sulfide) groups is 1. The van der Waals surface area contributed by atoms with Crippen LogP contribution >= 0.6 is 23.1 Å². The molecule has 7 heteroatoms. The van der Waals surface area contributed by atoms with Crippen molar-refractivity contribution in [2.45, 2.75) is 30.7 Å². The predicted octanol–water partition coefficient (Wildman–Crippen LogP) is 1.14. The van der Waals surface area contributed by atoms with E-state index < -0.39 is 23.7 Å². The first kappa shape index (κ1) is 14.1. The molecule has 5 nitrogen and oxygen atoms in total. The Morgan fingerprint density at radius 2 is 2.05 bits per heavy atom. The van der Waals surface area contributed by atoms with Crippen molar-refractivity contribution >= 4 is 33.3 Å². The monoisotopic (exact) mass is 313 g/mol. The van der Waals surface area contributed by atoms with Crippen molar-refractivity contribution in [1.82, 2.24) is 4.98 Å². The number of thiazole rings is 1. The molecule has 1 aliphatic heterocycles. The summed E-state index contributed by atoms with van der Waals surface area (Å²) in [7, 11) is 0. The second-order valence-corrected chi connectivity index (χ2v) is 7.10. The number of rotatable bonds is 2. The minimum atomic E-state index is -1.17. The third-order valence-electron chi connectivity index (χ3n) is 3.17. The lowest BCUT2D eigenvalue weighted by Crippen LogP contribution is -2.50. The number of fused-ring (bicyclic) bond motifs is 1. The number of aliphatic hydroxyl groups excluding tert-OH is 3. The van der Waals surface area contributed by atoms with Crippen LogP contribution in [0.1, 0.15) is 5.01 Å². The van der Waals surface area contributed by atoms with E-state index in [9.17, 15) is 15.3 Å². The van der Waals surface area contributed by atoms with E-state index in [-0.39, 0.29) is 0 Å². The number of nitrogens with zero attached hydrogens (tertiary/aromatic N) is 1. The number of aromatic nitrogens is 1. The summed E-state index contributed by atoms with van der Waals surface area (Å²) in [5, 5.41) is 30.1. The summed E-state index contributed by atoms with van der Waals surface area (Å²) in [6.07, 6.45) is -3.19. The van der Waals surface area contributed by atoms with Crippen LogP contribution in [0.4, 0.5) is 0 Å². The van der Waals surface area contributed by atoms with Crippen molar-refractivity contribution in [3.8, 4) is 5.75 Å². The van der Waals surface area contributed by atoms with Gasteiger partial charge in [0.25, 0.3) is 0 Å². The average Bonchev–Trinajstić information content (AvgIpc) is 2.79. The summed E-state index contributed by atoms with van der Waals surface area (Å²) in [6, 6.07) is 5.55. The van der Waals surface area contributed by atoms with E-state index >= 15 is 0 Å². The van der Waals surface area contributed by atoms with Gasteiger partial charge in [-0.05, 0) is 25.1 Å². The van der Waals surface area contributed by atoms with Crippen LogP contribution in [-0.2, 0) is 0 Å². The van der Waals surface area contributed by atoms with Crippen molar-refractivity contribution in [2.24, 2.45) is 0 Å². The minimum absolute atomic E-state index is 0.338. The third-order valence-corrected chi connectivity index (χ3v) is 5.34. The summed E-state index contributed by atoms with van der Waals surface area (Å²) in [4.78, 5) is 4.37. The van der Waals surface area contributed by atoms with Gasteiger partial charge in [0.15, 0.2) is 5.44 Å². The maximum Gasteiger partial charge on any atom is 0.173 e. The van der Waals surface area contributed by atoms with Crippen LogP contribution in [0.5, 0.6) is 5.75 Å². The molecule has 108 valence electrons. The van der Waals surface area contributed by atoms with Crippen LogP contribution in [0.2, 0.25) is 0 Å². The SMILES string of the molecule is Cc1nc2ccc(O[C@@H]3SC[C@@H](O)[C@H](O)[C@H]3O)cc2s1. The highest BCUT2D eigenvalue weighted by atomic mass is 32.2. The smallest absolute Gasteiger partial charge is 0.173 e. The Labute approximate surface area is 124 Å². The van der Waals surface area contributed by atoms with Crippen LogP contribution in [0.15, 0.2) is 18.2 Å². The quantitative estimate of drug-likeness (QED) is 0.771. The van der Waals surface area contributed by atoms with Crippen LogP contribution in [0.3, 0.4) is 0 Å². The average molecular weight is 313 g/mol. The highest BCUT2D eigenvalue weighted by Gasteiger charge is 2.38. The highest BCUT2D eigenvalue weighted by Crippen LogP contribution is 2.31. The lowest BCUT2D eigenvalue weighted by atomic mass is 10.1. The maximum absolute atomic E-state index is 9.92. The highest BCUT2D eigenvalue weighted by molar-refractivity contribution is 7.99. The fourth-order valence-electron chi connectivity index (χ4n) is 2.11. The number of hydrogen-bond donors (Lipinski definition) is 3. The Kier molecular flexibility index (Phi) is 3.87. The third kappa shape index (κ3) is 2.64. The Morgan fingerprint density at radius 3 is 2.85 bits per heavy atom. The van der Waals surface area contributed by atoms with Crippen LogP contribution in [0, 0.1) is 6.92 Å². The first-order valence-corrected chi connectivity index (χ1v) is 8.11. The lowest BCUT2D eigenvalue weighted by Gasteiger charge is -2.34. The van der Waals surface area contributed by atoms with Crippen molar-refractivity contribution in [3.63, 3.8) is 0 Å². The Morgan fingerprint density at radius 1 is 1.25 bits per heavy atom. The van der Waals surface area contributed by atoms with E-state index in [0.717, 1.165) is 15.2 Å². The molecule has 1 aromatic heterocycles. The van der Waals surface area contributed by atoms with Gasteiger partial charge in [0.05, 0.1) is 21.3 Å². The summed E-state index contributed by atoms with van der Waals surface area (Å²) in [5.41, 5.74) is 0.340. The molecule has 3 rings (SSSR count). The molecule has 1 aromatic carbocycles. The number of aryl methyl sites for hydroxylation is 1. The van der Waals surface area contributed by atoms with Gasteiger partial charge >= 0.3 is 0 Å². The van der Waals surface area contributed by atoms with Gasteiger partial charge in [-0.3, -0.25) is 0 Å². The molecule has 1 saturated heterocycles. The normalized spacial score (nSPS) is 30.6. The van der Waals surface area contributed by atoms with E-state index in [2.05, 4.69) is 4.98 Å². The molecule has 2 heterocycles. The first-order chi connectivity index (χ1) is 9.54. The molecule has 0 unspecified atom stereocenters.